The predicted octanol–water partition coefficient (Wildman–Crippen LogP) is 1.91. The normalized spacial score (nSPS) is 26.9. The highest BCUT2D eigenvalue weighted by atomic mass is 16.5. The van der Waals surface area contributed by atoms with Crippen molar-refractivity contribution in [2.45, 2.75) is 32.1 Å². The van der Waals surface area contributed by atoms with Crippen LogP contribution in [0.5, 0.6) is 0 Å². The lowest BCUT2D eigenvalue weighted by molar-refractivity contribution is -0.157. The predicted molar refractivity (Wildman–Crippen MR) is 52.0 cm³/mol. The Morgan fingerprint density at radius 3 is 2.21 bits per heavy atom. The Hall–Kier alpha value is -0.570. The Balaban J connectivity index is 1.97. The van der Waals surface area contributed by atoms with Crippen molar-refractivity contribution < 1.29 is 14.6 Å². The first-order valence-electron chi connectivity index (χ1n) is 5.59. The van der Waals surface area contributed by atoms with Crippen molar-refractivity contribution in [3.05, 3.63) is 0 Å². The molecule has 2 aliphatic rings. The topological polar surface area (TPSA) is 46.5 Å². The summed E-state index contributed by atoms with van der Waals surface area (Å²) in [5, 5.41) is 9.21. The molecule has 2 rings (SSSR count). The van der Waals surface area contributed by atoms with Gasteiger partial charge in [-0.15, -0.1) is 0 Å². The van der Waals surface area contributed by atoms with E-state index in [9.17, 15) is 9.90 Å². The quantitative estimate of drug-likeness (QED) is 0.753. The first-order valence-corrected chi connectivity index (χ1v) is 5.59. The highest BCUT2D eigenvalue weighted by molar-refractivity contribution is 5.71. The third-order valence-electron chi connectivity index (χ3n) is 3.61. The van der Waals surface area contributed by atoms with Gasteiger partial charge in [0.25, 0.3) is 0 Å². The summed E-state index contributed by atoms with van der Waals surface area (Å²) in [6.45, 7) is 1.32. The van der Waals surface area contributed by atoms with Gasteiger partial charge in [-0.3, -0.25) is 4.79 Å². The number of carboxylic acid groups (broad SMARTS) is 1. The average molecular weight is 198 g/mol. The molecule has 0 spiro atoms. The zero-order valence-electron chi connectivity index (χ0n) is 8.45. The fraction of sp³-hybridized carbons (Fsp3) is 0.909. The zero-order chi connectivity index (χ0) is 9.97. The summed E-state index contributed by atoms with van der Waals surface area (Å²) in [5.41, 5.74) is 0. The van der Waals surface area contributed by atoms with Gasteiger partial charge in [-0.05, 0) is 18.8 Å². The minimum Gasteiger partial charge on any atom is -0.481 e. The van der Waals surface area contributed by atoms with Crippen LogP contribution in [0.15, 0.2) is 0 Å². The van der Waals surface area contributed by atoms with Gasteiger partial charge in [0.2, 0.25) is 0 Å². The summed E-state index contributed by atoms with van der Waals surface area (Å²) in [7, 11) is 0. The maximum atomic E-state index is 11.2. The van der Waals surface area contributed by atoms with Crippen LogP contribution < -0.4 is 0 Å². The van der Waals surface area contributed by atoms with Crippen LogP contribution in [0.4, 0.5) is 0 Å². The van der Waals surface area contributed by atoms with Crippen LogP contribution in [0.1, 0.15) is 32.1 Å². The van der Waals surface area contributed by atoms with E-state index in [1.807, 2.05) is 0 Å². The summed E-state index contributed by atoms with van der Waals surface area (Å²) >= 11 is 0. The highest BCUT2D eigenvalue weighted by Gasteiger charge is 2.39. The molecule has 1 aliphatic carbocycles. The van der Waals surface area contributed by atoms with Crippen molar-refractivity contribution in [2.75, 3.05) is 13.2 Å². The third kappa shape index (κ3) is 1.92. The van der Waals surface area contributed by atoms with Gasteiger partial charge in [-0.25, -0.2) is 0 Å². The van der Waals surface area contributed by atoms with Crippen LogP contribution in [-0.4, -0.2) is 24.3 Å². The molecule has 2 fully saturated rings. The van der Waals surface area contributed by atoms with E-state index in [1.165, 1.54) is 19.3 Å². The first kappa shape index (κ1) is 9.97. The molecule has 1 unspecified atom stereocenters. The van der Waals surface area contributed by atoms with Crippen LogP contribution in [0.2, 0.25) is 0 Å². The molecule has 1 heterocycles. The standard InChI is InChI=1S/C11H18O3/c12-11(13)10(9-6-14-7-9)8-4-2-1-3-5-8/h8-10H,1-7H2,(H,12,13). The highest BCUT2D eigenvalue weighted by Crippen LogP contribution is 2.36. The minimum atomic E-state index is -0.606. The van der Waals surface area contributed by atoms with Crippen LogP contribution in [0.3, 0.4) is 0 Å². The fourth-order valence-corrected chi connectivity index (χ4v) is 2.74. The van der Waals surface area contributed by atoms with E-state index >= 15 is 0 Å². The van der Waals surface area contributed by atoms with Gasteiger partial charge in [0.05, 0.1) is 19.1 Å². The Bertz CT molecular complexity index is 205. The average Bonchev–Trinajstić information content (AvgIpc) is 2.12. The number of hydrogen-bond acceptors (Lipinski definition) is 2. The largest absolute Gasteiger partial charge is 0.481 e. The van der Waals surface area contributed by atoms with Crippen molar-refractivity contribution in [3.63, 3.8) is 0 Å². The molecule has 0 aromatic heterocycles. The van der Waals surface area contributed by atoms with Gasteiger partial charge in [0.15, 0.2) is 0 Å². The summed E-state index contributed by atoms with van der Waals surface area (Å²) in [5.74, 6) is -0.0417. The molecule has 3 heteroatoms. The lowest BCUT2D eigenvalue weighted by Crippen LogP contribution is -2.42. The smallest absolute Gasteiger partial charge is 0.307 e. The SMILES string of the molecule is O=C(O)C(C1CCCCC1)C1COC1. The van der Waals surface area contributed by atoms with Crippen LogP contribution in [0, 0.1) is 17.8 Å². The van der Waals surface area contributed by atoms with E-state index in [0.717, 1.165) is 12.8 Å². The molecule has 3 nitrogen and oxygen atoms in total. The molecule has 1 aliphatic heterocycles. The van der Waals surface area contributed by atoms with Crippen molar-refractivity contribution in [3.8, 4) is 0 Å². The Kier molecular flexibility index (Phi) is 3.06. The number of aliphatic carboxylic acids is 1. The lowest BCUT2D eigenvalue weighted by Gasteiger charge is -2.37. The number of hydrogen-bond donors (Lipinski definition) is 1. The molecule has 1 N–H and O–H groups in total. The molecule has 0 radical (unpaired) electrons. The number of carboxylic acids is 1. The van der Waals surface area contributed by atoms with Crippen molar-refractivity contribution in [1.29, 1.82) is 0 Å². The van der Waals surface area contributed by atoms with E-state index in [-0.39, 0.29) is 11.8 Å². The summed E-state index contributed by atoms with van der Waals surface area (Å²) in [6, 6.07) is 0. The molecule has 0 aromatic carbocycles. The van der Waals surface area contributed by atoms with E-state index in [0.29, 0.717) is 19.1 Å². The van der Waals surface area contributed by atoms with Gasteiger partial charge < -0.3 is 9.84 Å². The second-order valence-electron chi connectivity index (χ2n) is 4.56. The zero-order valence-corrected chi connectivity index (χ0v) is 8.45. The summed E-state index contributed by atoms with van der Waals surface area (Å²) in [4.78, 5) is 11.2. The molecular formula is C11H18O3. The minimum absolute atomic E-state index is 0.135. The van der Waals surface area contributed by atoms with E-state index in [4.69, 9.17) is 4.74 Å². The first-order chi connectivity index (χ1) is 6.79. The van der Waals surface area contributed by atoms with E-state index < -0.39 is 5.97 Å². The number of rotatable bonds is 3. The van der Waals surface area contributed by atoms with E-state index in [2.05, 4.69) is 0 Å². The molecule has 0 aromatic rings. The van der Waals surface area contributed by atoms with Crippen molar-refractivity contribution in [1.82, 2.24) is 0 Å². The molecule has 80 valence electrons. The molecule has 1 saturated heterocycles. The van der Waals surface area contributed by atoms with Crippen molar-refractivity contribution >= 4 is 5.97 Å². The summed E-state index contributed by atoms with van der Waals surface area (Å²) < 4.78 is 5.09. The molecule has 0 amide bonds. The van der Waals surface area contributed by atoms with E-state index in [1.54, 1.807) is 0 Å². The fourth-order valence-electron chi connectivity index (χ4n) is 2.74. The van der Waals surface area contributed by atoms with Crippen LogP contribution in [-0.2, 0) is 9.53 Å². The Labute approximate surface area is 84.4 Å². The third-order valence-corrected chi connectivity index (χ3v) is 3.61. The van der Waals surface area contributed by atoms with Gasteiger partial charge >= 0.3 is 5.97 Å². The maximum Gasteiger partial charge on any atom is 0.307 e. The Morgan fingerprint density at radius 1 is 1.14 bits per heavy atom. The van der Waals surface area contributed by atoms with Crippen molar-refractivity contribution in [2.24, 2.45) is 17.8 Å². The molecular weight excluding hydrogens is 180 g/mol. The van der Waals surface area contributed by atoms with Crippen LogP contribution >= 0.6 is 0 Å². The number of ether oxygens (including phenoxy) is 1. The molecule has 14 heavy (non-hydrogen) atoms. The molecule has 1 atom stereocenters. The van der Waals surface area contributed by atoms with Gasteiger partial charge in [-0.1, -0.05) is 19.3 Å². The monoisotopic (exact) mass is 198 g/mol. The second kappa shape index (κ2) is 4.30. The number of carbonyl (C=O) groups is 1. The van der Waals surface area contributed by atoms with Gasteiger partial charge in [0.1, 0.15) is 0 Å². The summed E-state index contributed by atoms with van der Waals surface area (Å²) in [6.07, 6.45) is 5.91. The molecule has 1 saturated carbocycles. The molecule has 0 bridgehead atoms. The Morgan fingerprint density at radius 2 is 1.79 bits per heavy atom. The van der Waals surface area contributed by atoms with Gasteiger partial charge in [0, 0.05) is 5.92 Å². The van der Waals surface area contributed by atoms with Crippen LogP contribution in [0.25, 0.3) is 0 Å². The second-order valence-corrected chi connectivity index (χ2v) is 4.56. The maximum absolute atomic E-state index is 11.2. The lowest BCUT2D eigenvalue weighted by atomic mass is 9.73. The van der Waals surface area contributed by atoms with Gasteiger partial charge in [-0.2, -0.15) is 0 Å².